The van der Waals surface area contributed by atoms with Crippen molar-refractivity contribution in [3.05, 3.63) is 23.8 Å². The smallest absolute Gasteiger partial charge is 0.303 e. The summed E-state index contributed by atoms with van der Waals surface area (Å²) in [5.74, 6) is 1.27. The molecule has 0 spiro atoms. The largest absolute Gasteiger partial charge is 0.481 e. The molecule has 1 aliphatic heterocycles. The fraction of sp³-hybridized carbons (Fsp3) is 0.533. The van der Waals surface area contributed by atoms with Gasteiger partial charge in [-0.3, -0.25) is 4.79 Å². The molecule has 2 rings (SSSR count). The van der Waals surface area contributed by atoms with Gasteiger partial charge in [0.1, 0.15) is 0 Å². The first-order valence-corrected chi connectivity index (χ1v) is 6.82. The van der Waals surface area contributed by atoms with Crippen LogP contribution in [0.2, 0.25) is 0 Å². The van der Waals surface area contributed by atoms with E-state index in [0.717, 1.165) is 36.3 Å². The molecule has 1 unspecified atom stereocenters. The van der Waals surface area contributed by atoms with Gasteiger partial charge in [0.25, 0.3) is 0 Å². The molecule has 1 aromatic rings. The van der Waals surface area contributed by atoms with Crippen LogP contribution in [0.4, 0.5) is 0 Å². The molecule has 0 fully saturated rings. The topological polar surface area (TPSA) is 55.8 Å². The summed E-state index contributed by atoms with van der Waals surface area (Å²) in [6.45, 7) is 2.42. The van der Waals surface area contributed by atoms with Crippen LogP contribution in [0, 0.1) is 0 Å². The number of hydrogen-bond acceptors (Lipinski definition) is 3. The normalized spacial score (nSPS) is 14.4. The van der Waals surface area contributed by atoms with Crippen LogP contribution in [0.1, 0.15) is 50.5 Å². The van der Waals surface area contributed by atoms with Crippen LogP contribution >= 0.6 is 0 Å². The second-order valence-corrected chi connectivity index (χ2v) is 4.85. The summed E-state index contributed by atoms with van der Waals surface area (Å²) >= 11 is 0. The van der Waals surface area contributed by atoms with Crippen molar-refractivity contribution in [2.24, 2.45) is 0 Å². The standard InChI is InChI=1S/C15H20O4/c1-2-5-11(6-3-9-14(16)17)12-7-4-8-13-15(12)19-10-18-13/h4,7-8,11H,2-3,5-6,9-10H2,1H3,(H,16,17). The number of fused-ring (bicyclic) bond motifs is 1. The van der Waals surface area contributed by atoms with Crippen molar-refractivity contribution in [1.82, 2.24) is 0 Å². The Balaban J connectivity index is 2.10. The number of para-hydroxylation sites is 1. The average molecular weight is 264 g/mol. The predicted molar refractivity (Wildman–Crippen MR) is 71.7 cm³/mol. The van der Waals surface area contributed by atoms with Gasteiger partial charge in [-0.05, 0) is 31.2 Å². The molecule has 19 heavy (non-hydrogen) atoms. The summed E-state index contributed by atoms with van der Waals surface area (Å²) in [7, 11) is 0. The second-order valence-electron chi connectivity index (χ2n) is 4.85. The third kappa shape index (κ3) is 3.40. The lowest BCUT2D eigenvalue weighted by Gasteiger charge is -2.18. The van der Waals surface area contributed by atoms with E-state index in [4.69, 9.17) is 14.6 Å². The number of carbonyl (C=O) groups is 1. The molecule has 1 heterocycles. The minimum atomic E-state index is -0.729. The van der Waals surface area contributed by atoms with Crippen molar-refractivity contribution in [3.8, 4) is 11.5 Å². The lowest BCUT2D eigenvalue weighted by Crippen LogP contribution is -2.03. The summed E-state index contributed by atoms with van der Waals surface area (Å²) in [4.78, 5) is 10.6. The van der Waals surface area contributed by atoms with Crippen LogP contribution in [-0.2, 0) is 4.79 Å². The molecule has 0 saturated carbocycles. The maximum Gasteiger partial charge on any atom is 0.303 e. The average Bonchev–Trinajstić information content (AvgIpc) is 2.85. The minimum absolute atomic E-state index is 0.229. The quantitative estimate of drug-likeness (QED) is 0.818. The van der Waals surface area contributed by atoms with E-state index >= 15 is 0 Å². The van der Waals surface area contributed by atoms with E-state index in [1.54, 1.807) is 0 Å². The monoisotopic (exact) mass is 264 g/mol. The van der Waals surface area contributed by atoms with Crippen LogP contribution in [0.25, 0.3) is 0 Å². The summed E-state index contributed by atoms with van der Waals surface area (Å²) < 4.78 is 10.9. The van der Waals surface area contributed by atoms with Crippen molar-refractivity contribution in [2.75, 3.05) is 6.79 Å². The Morgan fingerprint density at radius 2 is 2.21 bits per heavy atom. The van der Waals surface area contributed by atoms with Gasteiger partial charge in [0.15, 0.2) is 11.5 Å². The van der Waals surface area contributed by atoms with E-state index in [0.29, 0.717) is 12.3 Å². The zero-order chi connectivity index (χ0) is 13.7. The summed E-state index contributed by atoms with van der Waals surface area (Å²) in [6, 6.07) is 5.95. The van der Waals surface area contributed by atoms with E-state index in [9.17, 15) is 4.79 Å². The highest BCUT2D eigenvalue weighted by molar-refractivity contribution is 5.66. The predicted octanol–water partition coefficient (Wildman–Crippen LogP) is 3.55. The Kier molecular flexibility index (Phi) is 4.66. The first-order valence-electron chi connectivity index (χ1n) is 6.82. The first kappa shape index (κ1) is 13.7. The zero-order valence-electron chi connectivity index (χ0n) is 11.2. The number of hydrogen-bond donors (Lipinski definition) is 1. The van der Waals surface area contributed by atoms with Gasteiger partial charge < -0.3 is 14.6 Å². The molecule has 4 nitrogen and oxygen atoms in total. The van der Waals surface area contributed by atoms with Crippen molar-refractivity contribution >= 4 is 5.97 Å². The highest BCUT2D eigenvalue weighted by atomic mass is 16.7. The molecule has 4 heteroatoms. The minimum Gasteiger partial charge on any atom is -0.481 e. The van der Waals surface area contributed by atoms with Gasteiger partial charge in [0.05, 0.1) is 0 Å². The van der Waals surface area contributed by atoms with Crippen LogP contribution in [-0.4, -0.2) is 17.9 Å². The molecular formula is C15H20O4. The van der Waals surface area contributed by atoms with Crippen molar-refractivity contribution in [1.29, 1.82) is 0 Å². The highest BCUT2D eigenvalue weighted by Gasteiger charge is 2.22. The van der Waals surface area contributed by atoms with Gasteiger partial charge in [0, 0.05) is 12.0 Å². The summed E-state index contributed by atoms with van der Waals surface area (Å²) in [6.07, 6.45) is 3.92. The molecule has 1 aromatic carbocycles. The molecule has 104 valence electrons. The van der Waals surface area contributed by atoms with Crippen LogP contribution in [0.3, 0.4) is 0 Å². The first-order chi connectivity index (χ1) is 9.22. The van der Waals surface area contributed by atoms with E-state index in [1.807, 2.05) is 12.1 Å². The lowest BCUT2D eigenvalue weighted by molar-refractivity contribution is -0.137. The lowest BCUT2D eigenvalue weighted by atomic mass is 9.89. The number of ether oxygens (including phenoxy) is 2. The number of benzene rings is 1. The molecule has 0 bridgehead atoms. The summed E-state index contributed by atoms with van der Waals surface area (Å²) in [5, 5.41) is 8.74. The van der Waals surface area contributed by atoms with Gasteiger partial charge in [-0.25, -0.2) is 0 Å². The van der Waals surface area contributed by atoms with Gasteiger partial charge in [0.2, 0.25) is 6.79 Å². The molecule has 0 radical (unpaired) electrons. The number of aliphatic carboxylic acids is 1. The molecular weight excluding hydrogens is 244 g/mol. The van der Waals surface area contributed by atoms with Crippen LogP contribution in [0.15, 0.2) is 18.2 Å². The Hall–Kier alpha value is -1.71. The number of carboxylic acid groups (broad SMARTS) is 1. The molecule has 1 atom stereocenters. The van der Waals surface area contributed by atoms with Gasteiger partial charge in [-0.2, -0.15) is 0 Å². The highest BCUT2D eigenvalue weighted by Crippen LogP contribution is 2.42. The molecule has 0 aromatic heterocycles. The van der Waals surface area contributed by atoms with E-state index in [1.165, 1.54) is 0 Å². The van der Waals surface area contributed by atoms with Gasteiger partial charge in [-0.1, -0.05) is 25.5 Å². The van der Waals surface area contributed by atoms with E-state index in [-0.39, 0.29) is 13.2 Å². The summed E-state index contributed by atoms with van der Waals surface area (Å²) in [5.41, 5.74) is 1.15. The number of rotatable bonds is 7. The third-order valence-electron chi connectivity index (χ3n) is 3.45. The SMILES string of the molecule is CCCC(CCCC(=O)O)c1cccc2c1OCO2. The maximum absolute atomic E-state index is 10.6. The number of carboxylic acids is 1. The van der Waals surface area contributed by atoms with E-state index < -0.39 is 5.97 Å². The fourth-order valence-electron chi connectivity index (χ4n) is 2.58. The second kappa shape index (κ2) is 6.45. The Morgan fingerprint density at radius 1 is 1.37 bits per heavy atom. The van der Waals surface area contributed by atoms with Crippen LogP contribution in [0.5, 0.6) is 11.5 Å². The Morgan fingerprint density at radius 3 is 2.95 bits per heavy atom. The fourth-order valence-corrected chi connectivity index (χ4v) is 2.58. The molecule has 0 saturated heterocycles. The molecule has 0 amide bonds. The molecule has 1 aliphatic rings. The maximum atomic E-state index is 10.6. The molecule has 1 N–H and O–H groups in total. The zero-order valence-corrected chi connectivity index (χ0v) is 11.2. The van der Waals surface area contributed by atoms with Gasteiger partial charge in [-0.15, -0.1) is 0 Å². The van der Waals surface area contributed by atoms with Crippen molar-refractivity contribution in [2.45, 2.75) is 44.9 Å². The molecule has 0 aliphatic carbocycles. The third-order valence-corrected chi connectivity index (χ3v) is 3.45. The van der Waals surface area contributed by atoms with Crippen LogP contribution < -0.4 is 9.47 Å². The van der Waals surface area contributed by atoms with E-state index in [2.05, 4.69) is 13.0 Å². The Labute approximate surface area is 113 Å². The Bertz CT molecular complexity index is 442. The van der Waals surface area contributed by atoms with Crippen molar-refractivity contribution < 1.29 is 19.4 Å². The van der Waals surface area contributed by atoms with Gasteiger partial charge >= 0.3 is 5.97 Å². The van der Waals surface area contributed by atoms with Crippen molar-refractivity contribution in [3.63, 3.8) is 0 Å².